The minimum absolute atomic E-state index is 0.0965. The quantitative estimate of drug-likeness (QED) is 0.359. The highest BCUT2D eigenvalue weighted by Crippen LogP contribution is 2.20. The van der Waals surface area contributed by atoms with E-state index in [4.69, 9.17) is 0 Å². The Labute approximate surface area is 184 Å². The van der Waals surface area contributed by atoms with Crippen LogP contribution in [0, 0.1) is 5.82 Å². The molecule has 1 unspecified atom stereocenters. The highest BCUT2D eigenvalue weighted by Gasteiger charge is 2.20. The lowest BCUT2D eigenvalue weighted by atomic mass is 10.1. The molecule has 9 nitrogen and oxygen atoms in total. The number of halogens is 1. The van der Waals surface area contributed by atoms with Crippen molar-refractivity contribution < 1.29 is 14.0 Å². The van der Waals surface area contributed by atoms with Gasteiger partial charge in [0.25, 0.3) is 5.91 Å². The maximum Gasteiger partial charge on any atom is 0.255 e. The van der Waals surface area contributed by atoms with E-state index in [2.05, 4.69) is 36.4 Å². The smallest absolute Gasteiger partial charge is 0.255 e. The molecular weight excluding hydrogens is 413 g/mol. The second kappa shape index (κ2) is 10.0. The van der Waals surface area contributed by atoms with Crippen molar-refractivity contribution in [3.8, 4) is 11.4 Å². The lowest BCUT2D eigenvalue weighted by molar-refractivity contribution is -0.122. The Bertz CT molecular complexity index is 1090. The van der Waals surface area contributed by atoms with Crippen molar-refractivity contribution in [3.05, 3.63) is 65.6 Å². The number of piperazine rings is 1. The van der Waals surface area contributed by atoms with Gasteiger partial charge in [-0.25, -0.2) is 9.37 Å². The van der Waals surface area contributed by atoms with Gasteiger partial charge in [0.05, 0.1) is 29.5 Å². The summed E-state index contributed by atoms with van der Waals surface area (Å²) in [7, 11) is 0. The molecule has 0 aliphatic carbocycles. The van der Waals surface area contributed by atoms with Crippen molar-refractivity contribution >= 4 is 17.6 Å². The highest BCUT2D eigenvalue weighted by molar-refractivity contribution is 5.99. The minimum atomic E-state index is -0.304. The number of nitrogens with one attached hydrogen (secondary N) is 5. The molecule has 32 heavy (non-hydrogen) atoms. The zero-order valence-electron chi connectivity index (χ0n) is 17.3. The molecule has 0 bridgehead atoms. The molecule has 3 heterocycles. The van der Waals surface area contributed by atoms with Crippen molar-refractivity contribution in [2.24, 2.45) is 0 Å². The Hall–Kier alpha value is -3.79. The van der Waals surface area contributed by atoms with E-state index in [1.165, 1.54) is 12.1 Å². The van der Waals surface area contributed by atoms with Crippen LogP contribution in [0.3, 0.4) is 0 Å². The summed E-state index contributed by atoms with van der Waals surface area (Å²) in [6, 6.07) is 11.4. The van der Waals surface area contributed by atoms with E-state index in [1.54, 1.807) is 30.5 Å². The maximum absolute atomic E-state index is 13.4. The minimum Gasteiger partial charge on any atom is -0.369 e. The van der Waals surface area contributed by atoms with Crippen LogP contribution in [0.1, 0.15) is 15.9 Å². The largest absolute Gasteiger partial charge is 0.369 e. The zero-order chi connectivity index (χ0) is 22.3. The number of aromatic nitrogens is 3. The summed E-state index contributed by atoms with van der Waals surface area (Å²) in [5.41, 5.74) is 2.58. The van der Waals surface area contributed by atoms with E-state index in [9.17, 15) is 14.0 Å². The third kappa shape index (κ3) is 5.46. The number of nitrogens with zero attached hydrogens (tertiary/aromatic N) is 2. The van der Waals surface area contributed by atoms with Crippen LogP contribution in [0.4, 0.5) is 10.2 Å². The summed E-state index contributed by atoms with van der Waals surface area (Å²) in [5, 5.41) is 18.7. The van der Waals surface area contributed by atoms with E-state index in [0.717, 1.165) is 11.3 Å². The number of amides is 2. The predicted molar refractivity (Wildman–Crippen MR) is 118 cm³/mol. The molecule has 0 spiro atoms. The molecule has 0 radical (unpaired) electrons. The Kier molecular flexibility index (Phi) is 6.71. The van der Waals surface area contributed by atoms with E-state index < -0.39 is 0 Å². The zero-order valence-corrected chi connectivity index (χ0v) is 17.3. The highest BCUT2D eigenvalue weighted by atomic mass is 19.1. The molecular formula is C22H24FN7O2. The SMILES string of the molecule is O=C1CNCC(CNC(=O)c2ccc(-c3ccn[nH]3)nc2NCCc2cccc(F)c2)N1. The van der Waals surface area contributed by atoms with Crippen LogP contribution in [-0.4, -0.2) is 59.2 Å². The maximum atomic E-state index is 13.4. The molecule has 1 saturated heterocycles. The van der Waals surface area contributed by atoms with Gasteiger partial charge in [0, 0.05) is 25.8 Å². The summed E-state index contributed by atoms with van der Waals surface area (Å²) in [4.78, 5) is 29.0. The van der Waals surface area contributed by atoms with Crippen LogP contribution < -0.4 is 21.3 Å². The topological polar surface area (TPSA) is 124 Å². The van der Waals surface area contributed by atoms with Crippen LogP contribution in [0.25, 0.3) is 11.4 Å². The molecule has 5 N–H and O–H groups in total. The summed E-state index contributed by atoms with van der Waals surface area (Å²) < 4.78 is 13.4. The number of rotatable bonds is 8. The molecule has 3 aromatic rings. The average Bonchev–Trinajstić information content (AvgIpc) is 3.33. The van der Waals surface area contributed by atoms with Gasteiger partial charge in [0.15, 0.2) is 0 Å². The van der Waals surface area contributed by atoms with Gasteiger partial charge in [0.2, 0.25) is 5.91 Å². The van der Waals surface area contributed by atoms with Gasteiger partial charge in [-0.1, -0.05) is 12.1 Å². The van der Waals surface area contributed by atoms with Crippen LogP contribution >= 0.6 is 0 Å². The third-order valence-corrected chi connectivity index (χ3v) is 5.06. The van der Waals surface area contributed by atoms with Crippen LogP contribution in [0.2, 0.25) is 0 Å². The van der Waals surface area contributed by atoms with Crippen molar-refractivity contribution in [2.75, 3.05) is 31.5 Å². The number of carbonyl (C=O) groups is 2. The Morgan fingerprint density at radius 1 is 1.22 bits per heavy atom. The molecule has 0 saturated carbocycles. The Morgan fingerprint density at radius 2 is 2.12 bits per heavy atom. The molecule has 1 aromatic carbocycles. The number of H-pyrrole nitrogens is 1. The van der Waals surface area contributed by atoms with Crippen molar-refractivity contribution in [3.63, 3.8) is 0 Å². The van der Waals surface area contributed by atoms with Crippen LogP contribution in [0.5, 0.6) is 0 Å². The predicted octanol–water partition coefficient (Wildman–Crippen LogP) is 1.08. The first-order chi connectivity index (χ1) is 15.6. The first-order valence-electron chi connectivity index (χ1n) is 10.4. The molecule has 2 aromatic heterocycles. The number of anilines is 1. The number of pyridine rings is 1. The molecule has 10 heteroatoms. The molecule has 166 valence electrons. The van der Waals surface area contributed by atoms with Gasteiger partial charge < -0.3 is 21.3 Å². The monoisotopic (exact) mass is 437 g/mol. The number of aromatic amines is 1. The molecule has 1 aliphatic heterocycles. The summed E-state index contributed by atoms with van der Waals surface area (Å²) in [6.07, 6.45) is 2.19. The fourth-order valence-corrected chi connectivity index (χ4v) is 3.47. The van der Waals surface area contributed by atoms with Gasteiger partial charge in [-0.3, -0.25) is 14.7 Å². The summed E-state index contributed by atoms with van der Waals surface area (Å²) in [5.74, 6) is -0.273. The van der Waals surface area contributed by atoms with Gasteiger partial charge >= 0.3 is 0 Å². The van der Waals surface area contributed by atoms with E-state index in [0.29, 0.717) is 43.1 Å². The lowest BCUT2D eigenvalue weighted by Crippen LogP contribution is -2.56. The first kappa shape index (κ1) is 21.4. The first-order valence-corrected chi connectivity index (χ1v) is 10.4. The Morgan fingerprint density at radius 3 is 2.91 bits per heavy atom. The molecule has 1 fully saturated rings. The molecule has 1 atom stereocenters. The van der Waals surface area contributed by atoms with Gasteiger partial charge in [-0.15, -0.1) is 0 Å². The van der Waals surface area contributed by atoms with Crippen molar-refractivity contribution in [1.82, 2.24) is 31.1 Å². The molecule has 2 amide bonds. The normalized spacial score (nSPS) is 15.8. The summed E-state index contributed by atoms with van der Waals surface area (Å²) in [6.45, 7) is 1.62. The average molecular weight is 437 g/mol. The molecule has 1 aliphatic rings. The number of hydrogen-bond acceptors (Lipinski definition) is 6. The van der Waals surface area contributed by atoms with E-state index >= 15 is 0 Å². The van der Waals surface area contributed by atoms with Crippen LogP contribution in [0.15, 0.2) is 48.7 Å². The molecule has 4 rings (SSSR count). The standard InChI is InChI=1S/C22H24FN7O2/c23-15-3-1-2-14(10-15)6-8-25-21-17(4-5-18(29-21)19-7-9-27-30-19)22(32)26-12-16-11-24-13-20(31)28-16/h1-5,7,9-10,16,24H,6,8,11-13H2,(H,25,29)(H,26,32)(H,27,30)(H,28,31). The second-order valence-electron chi connectivity index (χ2n) is 7.48. The fraction of sp³-hybridized carbons (Fsp3) is 0.273. The van der Waals surface area contributed by atoms with Crippen molar-refractivity contribution in [1.29, 1.82) is 0 Å². The lowest BCUT2D eigenvalue weighted by Gasteiger charge is -2.24. The summed E-state index contributed by atoms with van der Waals surface area (Å²) >= 11 is 0. The van der Waals surface area contributed by atoms with E-state index in [-0.39, 0.29) is 30.2 Å². The van der Waals surface area contributed by atoms with Crippen LogP contribution in [-0.2, 0) is 11.2 Å². The van der Waals surface area contributed by atoms with Gasteiger partial charge in [0.1, 0.15) is 11.6 Å². The van der Waals surface area contributed by atoms with Gasteiger partial charge in [-0.2, -0.15) is 5.10 Å². The number of benzene rings is 1. The second-order valence-corrected chi connectivity index (χ2v) is 7.48. The Balaban J connectivity index is 1.47. The number of hydrogen-bond donors (Lipinski definition) is 5. The van der Waals surface area contributed by atoms with Gasteiger partial charge in [-0.05, 0) is 42.3 Å². The number of carbonyl (C=O) groups excluding carboxylic acids is 2. The van der Waals surface area contributed by atoms with E-state index in [1.807, 2.05) is 6.07 Å². The van der Waals surface area contributed by atoms with Crippen molar-refractivity contribution in [2.45, 2.75) is 12.5 Å². The third-order valence-electron chi connectivity index (χ3n) is 5.06. The fourth-order valence-electron chi connectivity index (χ4n) is 3.47.